The van der Waals surface area contributed by atoms with Gasteiger partial charge in [-0.25, -0.2) is 4.68 Å². The highest BCUT2D eigenvalue weighted by molar-refractivity contribution is 6.30. The highest BCUT2D eigenvalue weighted by atomic mass is 35.5. The van der Waals surface area contributed by atoms with Gasteiger partial charge in [0.2, 0.25) is 0 Å². The lowest BCUT2D eigenvalue weighted by Crippen LogP contribution is -2.38. The van der Waals surface area contributed by atoms with Crippen LogP contribution in [0.15, 0.2) is 36.5 Å². The highest BCUT2D eigenvalue weighted by Gasteiger charge is 2.22. The molecule has 0 aliphatic carbocycles. The Morgan fingerprint density at radius 1 is 1.07 bits per heavy atom. The molecule has 0 amide bonds. The molecule has 1 aromatic carbocycles. The van der Waals surface area contributed by atoms with Gasteiger partial charge in [0, 0.05) is 37.5 Å². The van der Waals surface area contributed by atoms with Crippen LogP contribution in [0.4, 0.5) is 0 Å². The van der Waals surface area contributed by atoms with Crippen LogP contribution in [0.25, 0.3) is 5.69 Å². The molecular formula is C21H28ClN3O2. The second-order valence-corrected chi connectivity index (χ2v) is 7.96. The Hall–Kier alpha value is -1.40. The van der Waals surface area contributed by atoms with Crippen molar-refractivity contribution in [2.75, 3.05) is 26.3 Å². The molecule has 2 aliphatic heterocycles. The van der Waals surface area contributed by atoms with E-state index >= 15 is 0 Å². The van der Waals surface area contributed by atoms with Gasteiger partial charge < -0.3 is 9.47 Å². The van der Waals surface area contributed by atoms with Gasteiger partial charge in [-0.05, 0) is 62.4 Å². The third-order valence-electron chi connectivity index (χ3n) is 5.45. The van der Waals surface area contributed by atoms with E-state index in [2.05, 4.69) is 11.0 Å². The highest BCUT2D eigenvalue weighted by Crippen LogP contribution is 2.19. The van der Waals surface area contributed by atoms with Crippen molar-refractivity contribution in [2.45, 2.75) is 50.9 Å². The second kappa shape index (κ2) is 9.20. The molecule has 2 aromatic rings. The van der Waals surface area contributed by atoms with Gasteiger partial charge in [0.15, 0.2) is 0 Å². The zero-order chi connectivity index (χ0) is 18.5. The van der Waals surface area contributed by atoms with Crippen LogP contribution in [0, 0.1) is 0 Å². The molecule has 0 saturated carbocycles. The van der Waals surface area contributed by atoms with Crippen LogP contribution in [0.3, 0.4) is 0 Å². The second-order valence-electron chi connectivity index (χ2n) is 7.53. The quantitative estimate of drug-likeness (QED) is 0.746. The monoisotopic (exact) mass is 389 g/mol. The Kier molecular flexibility index (Phi) is 6.45. The number of ether oxygens (including phenoxy) is 2. The van der Waals surface area contributed by atoms with Gasteiger partial charge in [0.1, 0.15) is 0 Å². The van der Waals surface area contributed by atoms with E-state index in [4.69, 9.17) is 26.2 Å². The van der Waals surface area contributed by atoms with Crippen molar-refractivity contribution in [3.05, 3.63) is 47.2 Å². The number of likely N-dealkylation sites (tertiary alicyclic amines) is 1. The van der Waals surface area contributed by atoms with Gasteiger partial charge in [0.25, 0.3) is 0 Å². The summed E-state index contributed by atoms with van der Waals surface area (Å²) in [6.45, 7) is 4.67. The average Bonchev–Trinajstić information content (AvgIpc) is 3.17. The molecule has 1 unspecified atom stereocenters. The van der Waals surface area contributed by atoms with Crippen molar-refractivity contribution in [1.82, 2.24) is 14.7 Å². The van der Waals surface area contributed by atoms with E-state index in [0.29, 0.717) is 12.2 Å². The fourth-order valence-corrected chi connectivity index (χ4v) is 3.96. The maximum Gasteiger partial charge on any atom is 0.0808 e. The molecule has 4 rings (SSSR count). The summed E-state index contributed by atoms with van der Waals surface area (Å²) in [7, 11) is 0. The summed E-state index contributed by atoms with van der Waals surface area (Å²) in [6, 6.07) is 9.84. The van der Waals surface area contributed by atoms with Gasteiger partial charge in [-0.2, -0.15) is 5.10 Å². The molecule has 3 heterocycles. The predicted octanol–water partition coefficient (Wildman–Crippen LogP) is 4.08. The fraction of sp³-hybridized carbons (Fsp3) is 0.571. The van der Waals surface area contributed by atoms with Gasteiger partial charge >= 0.3 is 0 Å². The number of aromatic nitrogens is 2. The number of hydrogen-bond acceptors (Lipinski definition) is 4. The van der Waals surface area contributed by atoms with E-state index in [9.17, 15) is 0 Å². The molecule has 1 aromatic heterocycles. The number of benzene rings is 1. The molecule has 6 heteroatoms. The Labute approximate surface area is 166 Å². The van der Waals surface area contributed by atoms with Crippen molar-refractivity contribution >= 4 is 11.6 Å². The van der Waals surface area contributed by atoms with Crippen molar-refractivity contribution in [3.63, 3.8) is 0 Å². The summed E-state index contributed by atoms with van der Waals surface area (Å²) >= 11 is 5.96. The summed E-state index contributed by atoms with van der Waals surface area (Å²) < 4.78 is 13.8. The molecule has 0 N–H and O–H groups in total. The smallest absolute Gasteiger partial charge is 0.0808 e. The zero-order valence-electron chi connectivity index (χ0n) is 15.7. The van der Waals surface area contributed by atoms with E-state index < -0.39 is 0 Å². The topological polar surface area (TPSA) is 39.5 Å². The van der Waals surface area contributed by atoms with Crippen LogP contribution >= 0.6 is 11.6 Å². The lowest BCUT2D eigenvalue weighted by Gasteiger charge is -2.32. The van der Waals surface area contributed by atoms with Gasteiger partial charge in [-0.1, -0.05) is 11.6 Å². The van der Waals surface area contributed by atoms with Crippen molar-refractivity contribution in [2.24, 2.45) is 0 Å². The first-order chi connectivity index (χ1) is 13.3. The molecule has 2 saturated heterocycles. The number of halogens is 1. The van der Waals surface area contributed by atoms with Crippen LogP contribution in [0.2, 0.25) is 5.02 Å². The third kappa shape index (κ3) is 5.32. The van der Waals surface area contributed by atoms with Crippen LogP contribution < -0.4 is 0 Å². The average molecular weight is 390 g/mol. The first kappa shape index (κ1) is 18.9. The van der Waals surface area contributed by atoms with E-state index in [1.165, 1.54) is 12.8 Å². The molecule has 0 radical (unpaired) electrons. The molecule has 27 heavy (non-hydrogen) atoms. The molecular weight excluding hydrogens is 362 g/mol. The number of nitrogens with zero attached hydrogens (tertiary/aromatic N) is 3. The molecule has 5 nitrogen and oxygen atoms in total. The molecule has 0 spiro atoms. The molecule has 2 fully saturated rings. The first-order valence-corrected chi connectivity index (χ1v) is 10.4. The van der Waals surface area contributed by atoms with Gasteiger partial charge in [0.05, 0.1) is 30.2 Å². The summed E-state index contributed by atoms with van der Waals surface area (Å²) in [6.07, 6.45) is 8.49. The van der Waals surface area contributed by atoms with Crippen LogP contribution in [0.1, 0.15) is 37.8 Å². The van der Waals surface area contributed by atoms with Crippen LogP contribution in [-0.2, 0) is 16.0 Å². The molecule has 146 valence electrons. The largest absolute Gasteiger partial charge is 0.376 e. The summed E-state index contributed by atoms with van der Waals surface area (Å²) in [5.41, 5.74) is 2.13. The normalized spacial score (nSPS) is 22.2. The van der Waals surface area contributed by atoms with Crippen LogP contribution in [0.5, 0.6) is 0 Å². The van der Waals surface area contributed by atoms with E-state index in [1.807, 2.05) is 35.1 Å². The maximum absolute atomic E-state index is 6.11. The Balaban J connectivity index is 1.22. The molecule has 2 aliphatic rings. The predicted molar refractivity (Wildman–Crippen MR) is 106 cm³/mol. The summed E-state index contributed by atoms with van der Waals surface area (Å²) in [5, 5.41) is 5.45. The Morgan fingerprint density at radius 3 is 2.63 bits per heavy atom. The van der Waals surface area contributed by atoms with E-state index in [1.54, 1.807) is 0 Å². The lowest BCUT2D eigenvalue weighted by atomic mass is 10.1. The standard InChI is InChI=1S/C21H28ClN3O2/c22-17-4-6-19(7-5-17)25-13-8-18(23-25)15-24-11-9-20(10-12-24)27-16-21-3-1-2-14-26-21/h4-8,13,20-21H,1-3,9-12,14-16H2. The first-order valence-electron chi connectivity index (χ1n) is 10.0. The van der Waals surface area contributed by atoms with Gasteiger partial charge in [-0.15, -0.1) is 0 Å². The Morgan fingerprint density at radius 2 is 1.89 bits per heavy atom. The van der Waals surface area contributed by atoms with Gasteiger partial charge in [-0.3, -0.25) is 4.90 Å². The molecule has 1 atom stereocenters. The minimum Gasteiger partial charge on any atom is -0.376 e. The SMILES string of the molecule is Clc1ccc(-n2ccc(CN3CCC(OCC4CCCCO4)CC3)n2)cc1. The van der Waals surface area contributed by atoms with Crippen molar-refractivity contribution in [1.29, 1.82) is 0 Å². The molecule has 0 bridgehead atoms. The summed E-state index contributed by atoms with van der Waals surface area (Å²) in [4.78, 5) is 2.46. The van der Waals surface area contributed by atoms with Crippen LogP contribution in [-0.4, -0.2) is 53.2 Å². The lowest BCUT2D eigenvalue weighted by molar-refractivity contribution is -0.0754. The zero-order valence-corrected chi connectivity index (χ0v) is 16.5. The minimum absolute atomic E-state index is 0.314. The number of hydrogen-bond donors (Lipinski definition) is 0. The van der Waals surface area contributed by atoms with Crippen molar-refractivity contribution < 1.29 is 9.47 Å². The third-order valence-corrected chi connectivity index (χ3v) is 5.70. The Bertz CT molecular complexity index is 704. The summed E-state index contributed by atoms with van der Waals surface area (Å²) in [5.74, 6) is 0. The fourth-order valence-electron chi connectivity index (χ4n) is 3.83. The van der Waals surface area contributed by atoms with Crippen molar-refractivity contribution in [3.8, 4) is 5.69 Å². The van der Waals surface area contributed by atoms with E-state index in [0.717, 1.165) is 68.5 Å². The maximum atomic E-state index is 6.11. The van der Waals surface area contributed by atoms with E-state index in [-0.39, 0.29) is 0 Å². The number of rotatable bonds is 6. The number of piperidine rings is 1. The minimum atomic E-state index is 0.314.